The Morgan fingerprint density at radius 2 is 1.86 bits per heavy atom. The predicted molar refractivity (Wildman–Crippen MR) is 86.8 cm³/mol. The first-order chi connectivity index (χ1) is 10.2. The highest BCUT2D eigenvalue weighted by Crippen LogP contribution is 2.30. The average molecular weight is 281 g/mol. The molecule has 21 heavy (non-hydrogen) atoms. The molecule has 0 radical (unpaired) electrons. The molecule has 110 valence electrons. The van der Waals surface area contributed by atoms with Crippen LogP contribution in [0.4, 0.5) is 0 Å². The van der Waals surface area contributed by atoms with Crippen molar-refractivity contribution in [1.82, 2.24) is 5.32 Å². The highest BCUT2D eigenvalue weighted by Gasteiger charge is 2.21. The van der Waals surface area contributed by atoms with Gasteiger partial charge in [0.15, 0.2) is 0 Å². The molecule has 0 fully saturated rings. The number of hydrogen-bond acceptors (Lipinski definition) is 2. The monoisotopic (exact) mass is 281 g/mol. The topological polar surface area (TPSA) is 21.3 Å². The summed E-state index contributed by atoms with van der Waals surface area (Å²) in [6, 6.07) is 17.2. The van der Waals surface area contributed by atoms with Gasteiger partial charge in [0.2, 0.25) is 0 Å². The van der Waals surface area contributed by atoms with Gasteiger partial charge >= 0.3 is 0 Å². The van der Waals surface area contributed by atoms with Gasteiger partial charge in [-0.2, -0.15) is 0 Å². The van der Waals surface area contributed by atoms with E-state index < -0.39 is 0 Å². The number of rotatable bonds is 4. The highest BCUT2D eigenvalue weighted by atomic mass is 16.5. The summed E-state index contributed by atoms with van der Waals surface area (Å²) in [7, 11) is 0. The van der Waals surface area contributed by atoms with Crippen molar-refractivity contribution in [1.29, 1.82) is 0 Å². The zero-order chi connectivity index (χ0) is 14.7. The summed E-state index contributed by atoms with van der Waals surface area (Å²) < 4.78 is 5.95. The number of ether oxygens (including phenoxy) is 1. The van der Waals surface area contributed by atoms with Crippen LogP contribution in [0.3, 0.4) is 0 Å². The van der Waals surface area contributed by atoms with E-state index in [1.165, 1.54) is 16.7 Å². The molecule has 1 N–H and O–H groups in total. The van der Waals surface area contributed by atoms with Crippen molar-refractivity contribution in [2.24, 2.45) is 0 Å². The molecule has 1 atom stereocenters. The van der Waals surface area contributed by atoms with E-state index in [0.717, 1.165) is 25.3 Å². The van der Waals surface area contributed by atoms with Crippen LogP contribution in [-0.2, 0) is 13.0 Å². The van der Waals surface area contributed by atoms with Crippen molar-refractivity contribution in [3.05, 3.63) is 65.2 Å². The Morgan fingerprint density at radius 1 is 1.10 bits per heavy atom. The van der Waals surface area contributed by atoms with E-state index in [1.807, 2.05) is 6.07 Å². The number of hydrogen-bond donors (Lipinski definition) is 1. The molecule has 0 aromatic heterocycles. The zero-order valence-electron chi connectivity index (χ0n) is 12.8. The normalized spacial score (nSPS) is 17.6. The minimum absolute atomic E-state index is 0.211. The third-order valence-electron chi connectivity index (χ3n) is 4.00. The second-order valence-electron chi connectivity index (χ2n) is 6.01. The highest BCUT2D eigenvalue weighted by molar-refractivity contribution is 5.38. The van der Waals surface area contributed by atoms with Crippen LogP contribution in [0.25, 0.3) is 0 Å². The van der Waals surface area contributed by atoms with Gasteiger partial charge in [-0.1, -0.05) is 42.5 Å². The summed E-state index contributed by atoms with van der Waals surface area (Å²) in [5.41, 5.74) is 4.21. The molecule has 0 aliphatic carbocycles. The smallest absolute Gasteiger partial charge is 0.122 e. The summed E-state index contributed by atoms with van der Waals surface area (Å²) in [5, 5.41) is 3.53. The van der Waals surface area contributed by atoms with Gasteiger partial charge in [-0.3, -0.25) is 0 Å². The fraction of sp³-hybridized carbons (Fsp3) is 0.368. The Bertz CT molecular complexity index is 606. The van der Waals surface area contributed by atoms with Crippen molar-refractivity contribution in [2.45, 2.75) is 38.8 Å². The molecule has 2 aromatic rings. The van der Waals surface area contributed by atoms with Crippen LogP contribution in [0.5, 0.6) is 5.75 Å². The summed E-state index contributed by atoms with van der Waals surface area (Å²) >= 11 is 0. The Kier molecular flexibility index (Phi) is 4.26. The standard InChI is InChI=1S/C19H23NO/c1-14(2)21-19-10-6-4-7-15(19)11-17-13-20-12-16-8-3-5-9-18(16)17/h3-10,14,17,20H,11-13H2,1-2H3. The first kappa shape index (κ1) is 14.2. The molecule has 1 heterocycles. The number of para-hydroxylation sites is 1. The lowest BCUT2D eigenvalue weighted by atomic mass is 9.86. The largest absolute Gasteiger partial charge is 0.491 e. The second-order valence-corrected chi connectivity index (χ2v) is 6.01. The van der Waals surface area contributed by atoms with Crippen LogP contribution >= 0.6 is 0 Å². The minimum Gasteiger partial charge on any atom is -0.491 e. The van der Waals surface area contributed by atoms with Crippen LogP contribution in [0.1, 0.15) is 36.5 Å². The first-order valence-corrected chi connectivity index (χ1v) is 7.77. The number of nitrogens with one attached hydrogen (secondary N) is 1. The van der Waals surface area contributed by atoms with E-state index in [2.05, 4.69) is 61.6 Å². The molecule has 3 rings (SSSR count). The summed E-state index contributed by atoms with van der Waals surface area (Å²) in [6.07, 6.45) is 1.23. The molecule has 0 spiro atoms. The van der Waals surface area contributed by atoms with Gasteiger partial charge in [0.1, 0.15) is 5.75 Å². The lowest BCUT2D eigenvalue weighted by Crippen LogP contribution is -2.29. The molecular formula is C19H23NO. The Balaban J connectivity index is 1.85. The van der Waals surface area contributed by atoms with E-state index in [1.54, 1.807) is 0 Å². The number of fused-ring (bicyclic) bond motifs is 1. The number of benzene rings is 2. The maximum atomic E-state index is 5.95. The van der Waals surface area contributed by atoms with Crippen molar-refractivity contribution < 1.29 is 4.74 Å². The third kappa shape index (κ3) is 3.27. The van der Waals surface area contributed by atoms with E-state index >= 15 is 0 Å². The Hall–Kier alpha value is -1.80. The molecule has 1 unspecified atom stereocenters. The van der Waals surface area contributed by atoms with E-state index in [4.69, 9.17) is 4.74 Å². The summed E-state index contributed by atoms with van der Waals surface area (Å²) in [5.74, 6) is 1.54. The van der Waals surface area contributed by atoms with Crippen molar-refractivity contribution in [2.75, 3.05) is 6.54 Å². The molecule has 1 aliphatic rings. The van der Waals surface area contributed by atoms with Gasteiger partial charge in [-0.05, 0) is 43.0 Å². The second kappa shape index (κ2) is 6.31. The van der Waals surface area contributed by atoms with Crippen LogP contribution in [0, 0.1) is 0 Å². The lowest BCUT2D eigenvalue weighted by Gasteiger charge is -2.27. The molecule has 2 heteroatoms. The lowest BCUT2D eigenvalue weighted by molar-refractivity contribution is 0.239. The van der Waals surface area contributed by atoms with Crippen molar-refractivity contribution >= 4 is 0 Å². The van der Waals surface area contributed by atoms with E-state index in [-0.39, 0.29) is 6.10 Å². The van der Waals surface area contributed by atoms with Gasteiger partial charge in [-0.15, -0.1) is 0 Å². The molecule has 2 nitrogen and oxygen atoms in total. The molecule has 0 bridgehead atoms. The zero-order valence-corrected chi connectivity index (χ0v) is 12.8. The summed E-state index contributed by atoms with van der Waals surface area (Å²) in [6.45, 7) is 6.17. The van der Waals surface area contributed by atoms with Gasteiger partial charge in [-0.25, -0.2) is 0 Å². The van der Waals surface area contributed by atoms with Crippen molar-refractivity contribution in [3.63, 3.8) is 0 Å². The molecular weight excluding hydrogens is 258 g/mol. The first-order valence-electron chi connectivity index (χ1n) is 7.77. The maximum absolute atomic E-state index is 5.95. The Morgan fingerprint density at radius 3 is 2.71 bits per heavy atom. The third-order valence-corrected chi connectivity index (χ3v) is 4.00. The fourth-order valence-corrected chi connectivity index (χ4v) is 3.07. The average Bonchev–Trinajstić information content (AvgIpc) is 2.49. The van der Waals surface area contributed by atoms with Gasteiger partial charge in [0.25, 0.3) is 0 Å². The minimum atomic E-state index is 0.211. The van der Waals surface area contributed by atoms with Crippen LogP contribution < -0.4 is 10.1 Å². The van der Waals surface area contributed by atoms with E-state index in [9.17, 15) is 0 Å². The predicted octanol–water partition coefficient (Wildman–Crippen LogP) is 3.90. The molecule has 0 saturated carbocycles. The fourth-order valence-electron chi connectivity index (χ4n) is 3.07. The molecule has 1 aliphatic heterocycles. The van der Waals surface area contributed by atoms with E-state index in [0.29, 0.717) is 5.92 Å². The van der Waals surface area contributed by atoms with Gasteiger partial charge in [0, 0.05) is 19.0 Å². The van der Waals surface area contributed by atoms with Crippen LogP contribution in [0.2, 0.25) is 0 Å². The molecule has 0 amide bonds. The van der Waals surface area contributed by atoms with Gasteiger partial charge < -0.3 is 10.1 Å². The SMILES string of the molecule is CC(C)Oc1ccccc1CC1CNCc2ccccc21. The summed E-state index contributed by atoms with van der Waals surface area (Å²) in [4.78, 5) is 0. The van der Waals surface area contributed by atoms with Crippen molar-refractivity contribution in [3.8, 4) is 5.75 Å². The van der Waals surface area contributed by atoms with Crippen LogP contribution in [-0.4, -0.2) is 12.6 Å². The maximum Gasteiger partial charge on any atom is 0.122 e. The Labute approximate surface area is 127 Å². The molecule has 2 aromatic carbocycles. The van der Waals surface area contributed by atoms with Crippen LogP contribution in [0.15, 0.2) is 48.5 Å². The van der Waals surface area contributed by atoms with Gasteiger partial charge in [0.05, 0.1) is 6.10 Å². The molecule has 0 saturated heterocycles. The quantitative estimate of drug-likeness (QED) is 0.917.